The van der Waals surface area contributed by atoms with Gasteiger partial charge in [-0.2, -0.15) is 4.31 Å². The molecule has 0 amide bonds. The molecule has 0 radical (unpaired) electrons. The molecule has 1 aromatic rings. The van der Waals surface area contributed by atoms with E-state index in [2.05, 4.69) is 13.8 Å². The maximum atomic E-state index is 12.8. The van der Waals surface area contributed by atoms with E-state index in [9.17, 15) is 8.42 Å². The Morgan fingerprint density at radius 1 is 1.30 bits per heavy atom. The van der Waals surface area contributed by atoms with Crippen LogP contribution in [0.4, 0.5) is 0 Å². The van der Waals surface area contributed by atoms with E-state index in [4.69, 9.17) is 10.5 Å². The van der Waals surface area contributed by atoms with Crippen LogP contribution in [0.25, 0.3) is 0 Å². The van der Waals surface area contributed by atoms with Gasteiger partial charge in [-0.15, -0.1) is 0 Å². The molecular formula is C17H28N2O3S. The van der Waals surface area contributed by atoms with Gasteiger partial charge in [0.1, 0.15) is 5.75 Å². The van der Waals surface area contributed by atoms with Crippen molar-refractivity contribution < 1.29 is 13.2 Å². The summed E-state index contributed by atoms with van der Waals surface area (Å²) in [7, 11) is -3.48. The summed E-state index contributed by atoms with van der Waals surface area (Å²) in [5, 5.41) is 0. The average molecular weight is 340 g/mol. The van der Waals surface area contributed by atoms with E-state index >= 15 is 0 Å². The van der Waals surface area contributed by atoms with E-state index in [-0.39, 0.29) is 11.5 Å². The van der Waals surface area contributed by atoms with Crippen LogP contribution in [-0.2, 0) is 10.0 Å². The SMILES string of the molecule is CC(C)COc1ccc(S(=O)(=O)N2CCC(N)C(C)(C)C2)cc1. The molecule has 1 fully saturated rings. The van der Waals surface area contributed by atoms with Crippen molar-refractivity contribution in [1.82, 2.24) is 4.31 Å². The summed E-state index contributed by atoms with van der Waals surface area (Å²) in [6.07, 6.45) is 0.682. The molecule has 0 saturated carbocycles. The molecule has 0 aromatic heterocycles. The third-order valence-corrected chi connectivity index (χ3v) is 6.18. The molecule has 1 saturated heterocycles. The van der Waals surface area contributed by atoms with E-state index in [1.54, 1.807) is 28.6 Å². The molecule has 0 aliphatic carbocycles. The summed E-state index contributed by atoms with van der Waals surface area (Å²) >= 11 is 0. The number of piperidine rings is 1. The van der Waals surface area contributed by atoms with Crippen molar-refractivity contribution in [2.45, 2.75) is 45.1 Å². The Morgan fingerprint density at radius 2 is 1.91 bits per heavy atom. The first-order valence-electron chi connectivity index (χ1n) is 8.11. The first kappa shape index (κ1) is 18.2. The predicted octanol–water partition coefficient (Wildman–Crippen LogP) is 2.47. The molecule has 1 aliphatic rings. The fourth-order valence-electron chi connectivity index (χ4n) is 2.65. The summed E-state index contributed by atoms with van der Waals surface area (Å²) in [6, 6.07) is 6.70. The number of nitrogens with two attached hydrogens (primary N) is 1. The zero-order valence-electron chi connectivity index (χ0n) is 14.5. The first-order chi connectivity index (χ1) is 10.6. The summed E-state index contributed by atoms with van der Waals surface area (Å²) in [5.41, 5.74) is 5.88. The number of hydrogen-bond acceptors (Lipinski definition) is 4. The highest BCUT2D eigenvalue weighted by Gasteiger charge is 2.38. The van der Waals surface area contributed by atoms with Crippen LogP contribution < -0.4 is 10.5 Å². The molecular weight excluding hydrogens is 312 g/mol. The standard InChI is InChI=1S/C17H28N2O3S/c1-13(2)11-22-14-5-7-15(8-6-14)23(20,21)19-10-9-16(18)17(3,4)12-19/h5-8,13,16H,9-12,18H2,1-4H3. The molecule has 6 heteroatoms. The van der Waals surface area contributed by atoms with Gasteiger partial charge in [0.15, 0.2) is 0 Å². The van der Waals surface area contributed by atoms with Crippen molar-refractivity contribution in [3.05, 3.63) is 24.3 Å². The minimum Gasteiger partial charge on any atom is -0.493 e. The van der Waals surface area contributed by atoms with Crippen LogP contribution in [0.5, 0.6) is 5.75 Å². The highest BCUT2D eigenvalue weighted by atomic mass is 32.2. The molecule has 0 spiro atoms. The number of ether oxygens (including phenoxy) is 1. The van der Waals surface area contributed by atoms with E-state index in [0.29, 0.717) is 42.7 Å². The largest absolute Gasteiger partial charge is 0.493 e. The Morgan fingerprint density at radius 3 is 2.43 bits per heavy atom. The Bertz CT molecular complexity index is 624. The lowest BCUT2D eigenvalue weighted by Gasteiger charge is -2.41. The lowest BCUT2D eigenvalue weighted by atomic mass is 9.81. The van der Waals surface area contributed by atoms with E-state index < -0.39 is 10.0 Å². The van der Waals surface area contributed by atoms with Gasteiger partial charge in [-0.05, 0) is 42.0 Å². The second-order valence-corrected chi connectivity index (χ2v) is 9.34. The Hall–Kier alpha value is -1.11. The maximum Gasteiger partial charge on any atom is 0.243 e. The third-order valence-electron chi connectivity index (χ3n) is 4.32. The normalized spacial score (nSPS) is 22.3. The van der Waals surface area contributed by atoms with Crippen molar-refractivity contribution in [2.24, 2.45) is 17.1 Å². The van der Waals surface area contributed by atoms with Gasteiger partial charge in [0.25, 0.3) is 0 Å². The van der Waals surface area contributed by atoms with Crippen LogP contribution in [0, 0.1) is 11.3 Å². The lowest BCUT2D eigenvalue weighted by molar-refractivity contribution is 0.155. The fraction of sp³-hybridized carbons (Fsp3) is 0.647. The molecule has 0 bridgehead atoms. The van der Waals surface area contributed by atoms with Crippen LogP contribution in [-0.4, -0.2) is 38.5 Å². The maximum absolute atomic E-state index is 12.8. The number of benzene rings is 1. The van der Waals surface area contributed by atoms with Crippen LogP contribution in [0.15, 0.2) is 29.2 Å². The minimum atomic E-state index is -3.48. The van der Waals surface area contributed by atoms with Gasteiger partial charge in [-0.25, -0.2) is 8.42 Å². The number of nitrogens with zero attached hydrogens (tertiary/aromatic N) is 1. The van der Waals surface area contributed by atoms with E-state index in [1.807, 2.05) is 13.8 Å². The first-order valence-corrected chi connectivity index (χ1v) is 9.55. The lowest BCUT2D eigenvalue weighted by Crippen LogP contribution is -2.53. The third kappa shape index (κ3) is 4.25. The number of sulfonamides is 1. The predicted molar refractivity (Wildman–Crippen MR) is 91.9 cm³/mol. The molecule has 2 rings (SSSR count). The topological polar surface area (TPSA) is 72.6 Å². The Labute approximate surface area is 139 Å². The summed E-state index contributed by atoms with van der Waals surface area (Å²) < 4.78 is 32.8. The van der Waals surface area contributed by atoms with Gasteiger partial charge >= 0.3 is 0 Å². The van der Waals surface area contributed by atoms with Crippen molar-refractivity contribution >= 4 is 10.0 Å². The zero-order chi connectivity index (χ0) is 17.3. The molecule has 23 heavy (non-hydrogen) atoms. The van der Waals surface area contributed by atoms with Crippen LogP contribution in [0.2, 0.25) is 0 Å². The fourth-order valence-corrected chi connectivity index (χ4v) is 4.28. The van der Waals surface area contributed by atoms with Crippen molar-refractivity contribution in [3.63, 3.8) is 0 Å². The number of hydrogen-bond donors (Lipinski definition) is 1. The van der Waals surface area contributed by atoms with Gasteiger partial charge < -0.3 is 10.5 Å². The molecule has 1 aliphatic heterocycles. The number of rotatable bonds is 5. The molecule has 1 heterocycles. The summed E-state index contributed by atoms with van der Waals surface area (Å²) in [5.74, 6) is 1.12. The van der Waals surface area contributed by atoms with Gasteiger partial charge in [-0.1, -0.05) is 27.7 Å². The monoisotopic (exact) mass is 340 g/mol. The molecule has 5 nitrogen and oxygen atoms in total. The van der Waals surface area contributed by atoms with E-state index in [0.717, 1.165) is 0 Å². The van der Waals surface area contributed by atoms with Gasteiger partial charge in [0.05, 0.1) is 11.5 Å². The Kier molecular flexibility index (Phi) is 5.38. The molecule has 1 aromatic carbocycles. The van der Waals surface area contributed by atoms with Gasteiger partial charge in [0, 0.05) is 19.1 Å². The molecule has 130 valence electrons. The Balaban J connectivity index is 2.13. The van der Waals surface area contributed by atoms with Crippen LogP contribution in [0.3, 0.4) is 0 Å². The van der Waals surface area contributed by atoms with E-state index in [1.165, 1.54) is 0 Å². The van der Waals surface area contributed by atoms with Gasteiger partial charge in [-0.3, -0.25) is 0 Å². The molecule has 2 N–H and O–H groups in total. The minimum absolute atomic E-state index is 0.0285. The van der Waals surface area contributed by atoms with Crippen LogP contribution in [0.1, 0.15) is 34.1 Å². The van der Waals surface area contributed by atoms with Crippen molar-refractivity contribution in [2.75, 3.05) is 19.7 Å². The van der Waals surface area contributed by atoms with Crippen molar-refractivity contribution in [3.8, 4) is 5.75 Å². The smallest absolute Gasteiger partial charge is 0.243 e. The van der Waals surface area contributed by atoms with Crippen LogP contribution >= 0.6 is 0 Å². The molecule has 1 atom stereocenters. The zero-order valence-corrected chi connectivity index (χ0v) is 15.3. The second kappa shape index (κ2) is 6.79. The summed E-state index contributed by atoms with van der Waals surface area (Å²) in [6.45, 7) is 9.71. The van der Waals surface area contributed by atoms with Gasteiger partial charge in [0.2, 0.25) is 10.0 Å². The van der Waals surface area contributed by atoms with Crippen molar-refractivity contribution in [1.29, 1.82) is 0 Å². The summed E-state index contributed by atoms with van der Waals surface area (Å²) in [4.78, 5) is 0.306. The quantitative estimate of drug-likeness (QED) is 0.894. The highest BCUT2D eigenvalue weighted by molar-refractivity contribution is 7.89. The average Bonchev–Trinajstić information content (AvgIpc) is 2.48. The second-order valence-electron chi connectivity index (χ2n) is 7.40. The molecule has 1 unspecified atom stereocenters. The highest BCUT2D eigenvalue weighted by Crippen LogP contribution is 2.31.